The molecule has 1 aliphatic rings. The summed E-state index contributed by atoms with van der Waals surface area (Å²) >= 11 is 1.34. The van der Waals surface area contributed by atoms with E-state index < -0.39 is 0 Å². The summed E-state index contributed by atoms with van der Waals surface area (Å²) in [6.45, 7) is 2.81. The van der Waals surface area contributed by atoms with Gasteiger partial charge < -0.3 is 20.5 Å². The van der Waals surface area contributed by atoms with Gasteiger partial charge in [-0.05, 0) is 31.3 Å². The minimum Gasteiger partial charge on any atom is -0.490 e. The Morgan fingerprint density at radius 3 is 2.94 bits per heavy atom. The Morgan fingerprint density at radius 2 is 2.31 bits per heavy atom. The molecule has 0 aliphatic heterocycles. The summed E-state index contributed by atoms with van der Waals surface area (Å²) in [5, 5.41) is 4.29. The summed E-state index contributed by atoms with van der Waals surface area (Å²) in [5.41, 5.74) is 5.67. The zero-order valence-corrected chi connectivity index (χ0v) is 10.3. The maximum absolute atomic E-state index is 5.67. The highest BCUT2D eigenvalue weighted by molar-refractivity contribution is 7.11. The molecular formula is C10H17N3O2S. The van der Waals surface area contributed by atoms with Gasteiger partial charge in [0.05, 0.1) is 13.2 Å². The fraction of sp³-hybridized carbons (Fsp3) is 0.700. The van der Waals surface area contributed by atoms with Gasteiger partial charge in [0.15, 0.2) is 16.6 Å². The number of anilines is 2. The quantitative estimate of drug-likeness (QED) is 0.824. The van der Waals surface area contributed by atoms with Crippen molar-refractivity contribution in [3.05, 3.63) is 0 Å². The van der Waals surface area contributed by atoms with Crippen LogP contribution >= 0.6 is 11.5 Å². The van der Waals surface area contributed by atoms with E-state index in [1.54, 1.807) is 7.11 Å². The van der Waals surface area contributed by atoms with Crippen LogP contribution in [0.2, 0.25) is 0 Å². The molecule has 5 nitrogen and oxygen atoms in total. The lowest BCUT2D eigenvalue weighted by Gasteiger charge is -2.35. The van der Waals surface area contributed by atoms with E-state index in [1.165, 1.54) is 11.5 Å². The Hall–Kier alpha value is -1.01. The van der Waals surface area contributed by atoms with Crippen molar-refractivity contribution in [3.63, 3.8) is 0 Å². The molecule has 1 aliphatic carbocycles. The number of rotatable bonds is 5. The topological polar surface area (TPSA) is 69.4 Å². The summed E-state index contributed by atoms with van der Waals surface area (Å²) in [6.07, 6.45) is 2.47. The lowest BCUT2D eigenvalue weighted by molar-refractivity contribution is 0.00302. The van der Waals surface area contributed by atoms with Crippen molar-refractivity contribution in [1.82, 2.24) is 4.37 Å². The van der Waals surface area contributed by atoms with E-state index in [0.29, 0.717) is 23.7 Å². The van der Waals surface area contributed by atoms with E-state index >= 15 is 0 Å². The Kier molecular flexibility index (Phi) is 3.50. The predicted molar refractivity (Wildman–Crippen MR) is 65.1 cm³/mol. The number of aromatic nitrogens is 1. The van der Waals surface area contributed by atoms with Gasteiger partial charge in [-0.25, -0.2) is 0 Å². The zero-order chi connectivity index (χ0) is 11.5. The summed E-state index contributed by atoms with van der Waals surface area (Å²) < 4.78 is 14.7. The van der Waals surface area contributed by atoms with Crippen LogP contribution in [0.1, 0.15) is 19.8 Å². The minimum absolute atomic E-state index is 0.402. The van der Waals surface area contributed by atoms with Crippen LogP contribution in [-0.2, 0) is 4.74 Å². The summed E-state index contributed by atoms with van der Waals surface area (Å²) in [7, 11) is 1.61. The van der Waals surface area contributed by atoms with E-state index in [2.05, 4.69) is 9.69 Å². The lowest BCUT2D eigenvalue weighted by atomic mass is 9.89. The zero-order valence-electron chi connectivity index (χ0n) is 9.53. The molecule has 1 fully saturated rings. The summed E-state index contributed by atoms with van der Waals surface area (Å²) in [5.74, 6) is 1.11. The number of hydrogen-bond acceptors (Lipinski definition) is 6. The first-order valence-electron chi connectivity index (χ1n) is 5.41. The molecule has 0 unspecified atom stereocenters. The molecule has 3 N–H and O–H groups in total. The van der Waals surface area contributed by atoms with Gasteiger partial charge in [-0.3, -0.25) is 0 Å². The molecule has 2 rings (SSSR count). The summed E-state index contributed by atoms with van der Waals surface area (Å²) in [6, 6.07) is 0.449. The van der Waals surface area contributed by atoms with Crippen molar-refractivity contribution < 1.29 is 9.47 Å². The highest BCUT2D eigenvalue weighted by Crippen LogP contribution is 2.37. The van der Waals surface area contributed by atoms with E-state index in [4.69, 9.17) is 15.2 Å². The highest BCUT2D eigenvalue weighted by Gasteiger charge is 2.30. The normalized spacial score (nSPS) is 23.9. The third-order valence-electron chi connectivity index (χ3n) is 2.71. The molecule has 90 valence electrons. The van der Waals surface area contributed by atoms with E-state index in [1.807, 2.05) is 6.92 Å². The smallest absolute Gasteiger partial charge is 0.197 e. The van der Waals surface area contributed by atoms with Crippen LogP contribution in [0.4, 0.5) is 10.8 Å². The molecule has 1 aromatic heterocycles. The van der Waals surface area contributed by atoms with Crippen LogP contribution in [0.25, 0.3) is 0 Å². The van der Waals surface area contributed by atoms with Crippen molar-refractivity contribution in [2.45, 2.75) is 31.9 Å². The van der Waals surface area contributed by atoms with Gasteiger partial charge >= 0.3 is 0 Å². The van der Waals surface area contributed by atoms with Crippen LogP contribution in [0.5, 0.6) is 5.75 Å². The van der Waals surface area contributed by atoms with Crippen molar-refractivity contribution in [3.8, 4) is 5.75 Å². The maximum atomic E-state index is 5.67. The average Bonchev–Trinajstić information content (AvgIpc) is 2.56. The fourth-order valence-corrected chi connectivity index (χ4v) is 2.59. The van der Waals surface area contributed by atoms with Crippen LogP contribution < -0.4 is 15.8 Å². The van der Waals surface area contributed by atoms with Gasteiger partial charge in [0.25, 0.3) is 0 Å². The first kappa shape index (κ1) is 11.5. The molecular weight excluding hydrogens is 226 g/mol. The van der Waals surface area contributed by atoms with Gasteiger partial charge in [0.1, 0.15) is 0 Å². The number of methoxy groups -OCH3 is 1. The van der Waals surface area contributed by atoms with E-state index in [-0.39, 0.29) is 0 Å². The minimum atomic E-state index is 0.402. The van der Waals surface area contributed by atoms with E-state index in [9.17, 15) is 0 Å². The number of nitrogens with one attached hydrogen (secondary N) is 1. The van der Waals surface area contributed by atoms with Gasteiger partial charge in [-0.1, -0.05) is 0 Å². The first-order valence-corrected chi connectivity index (χ1v) is 6.19. The molecule has 0 aromatic carbocycles. The van der Waals surface area contributed by atoms with Crippen LogP contribution in [0.15, 0.2) is 0 Å². The number of nitrogens with two attached hydrogens (primary N) is 1. The number of nitrogen functional groups attached to an aromatic ring is 1. The van der Waals surface area contributed by atoms with Crippen LogP contribution in [-0.4, -0.2) is 30.2 Å². The lowest BCUT2D eigenvalue weighted by Crippen LogP contribution is -2.40. The maximum Gasteiger partial charge on any atom is 0.197 e. The molecule has 1 saturated carbocycles. The molecule has 1 aromatic rings. The summed E-state index contributed by atoms with van der Waals surface area (Å²) in [4.78, 5) is 0. The standard InChI is InChI=1S/C10H17N3O2S/c1-3-15-7-4-6(5-7)12-10-8(14-2)9(11)13-16-10/h6-7,12H,3-5H2,1-2H3,(H2,11,13). The van der Waals surface area contributed by atoms with Gasteiger partial charge in [-0.15, -0.1) is 0 Å². The largest absolute Gasteiger partial charge is 0.490 e. The molecule has 0 atom stereocenters. The molecule has 0 bridgehead atoms. The van der Waals surface area contributed by atoms with Crippen LogP contribution in [0, 0.1) is 0 Å². The van der Waals surface area contributed by atoms with Crippen molar-refractivity contribution in [2.24, 2.45) is 0 Å². The molecule has 0 saturated heterocycles. The second-order valence-electron chi connectivity index (χ2n) is 3.82. The van der Waals surface area contributed by atoms with Gasteiger partial charge in [-0.2, -0.15) is 4.37 Å². The Labute approximate surface area is 99.1 Å². The first-order chi connectivity index (χ1) is 7.74. The molecule has 1 heterocycles. The fourth-order valence-electron chi connectivity index (χ4n) is 1.82. The predicted octanol–water partition coefficient (Wildman–Crippen LogP) is 1.71. The molecule has 6 heteroatoms. The third kappa shape index (κ3) is 2.22. The van der Waals surface area contributed by atoms with Crippen molar-refractivity contribution >= 4 is 22.4 Å². The van der Waals surface area contributed by atoms with Gasteiger partial charge in [0, 0.05) is 12.6 Å². The van der Waals surface area contributed by atoms with Crippen molar-refractivity contribution in [2.75, 3.05) is 24.8 Å². The monoisotopic (exact) mass is 243 g/mol. The second-order valence-corrected chi connectivity index (χ2v) is 4.59. The Balaban J connectivity index is 1.86. The Morgan fingerprint density at radius 1 is 1.56 bits per heavy atom. The third-order valence-corrected chi connectivity index (χ3v) is 3.48. The SMILES string of the molecule is CCOC1CC(Nc2snc(N)c2OC)C1. The Bertz CT molecular complexity index is 350. The molecule has 0 amide bonds. The molecule has 0 spiro atoms. The second kappa shape index (κ2) is 4.88. The number of ether oxygens (including phenoxy) is 2. The highest BCUT2D eigenvalue weighted by atomic mass is 32.1. The average molecular weight is 243 g/mol. The van der Waals surface area contributed by atoms with Gasteiger partial charge in [0.2, 0.25) is 0 Å². The van der Waals surface area contributed by atoms with Crippen molar-refractivity contribution in [1.29, 1.82) is 0 Å². The van der Waals surface area contributed by atoms with E-state index in [0.717, 1.165) is 24.4 Å². The molecule has 16 heavy (non-hydrogen) atoms. The molecule has 0 radical (unpaired) electrons. The number of nitrogens with zero attached hydrogens (tertiary/aromatic N) is 1. The van der Waals surface area contributed by atoms with Crippen LogP contribution in [0.3, 0.4) is 0 Å². The number of hydrogen-bond donors (Lipinski definition) is 2.